The summed E-state index contributed by atoms with van der Waals surface area (Å²) < 4.78 is 5.94. The summed E-state index contributed by atoms with van der Waals surface area (Å²) in [6.45, 7) is 5.17. The van der Waals surface area contributed by atoms with Crippen molar-refractivity contribution in [3.05, 3.63) is 65.7 Å². The second kappa shape index (κ2) is 5.68. The number of ether oxygens (including phenoxy) is 1. The van der Waals surface area contributed by atoms with E-state index in [0.717, 1.165) is 12.2 Å². The van der Waals surface area contributed by atoms with Crippen molar-refractivity contribution in [2.24, 2.45) is 0 Å². The molecule has 0 aromatic heterocycles. The molecule has 2 nitrogen and oxygen atoms in total. The lowest BCUT2D eigenvalue weighted by Gasteiger charge is -2.40. The zero-order chi connectivity index (χ0) is 13.9. The largest absolute Gasteiger partial charge is 0.478 e. The highest BCUT2D eigenvalue weighted by atomic mass is 16.5. The summed E-state index contributed by atoms with van der Waals surface area (Å²) in [6, 6.07) is 19.8. The Bertz CT molecular complexity index is 567. The van der Waals surface area contributed by atoms with E-state index >= 15 is 0 Å². The van der Waals surface area contributed by atoms with Gasteiger partial charge >= 0.3 is 0 Å². The topological polar surface area (TPSA) is 12.5 Å². The van der Waals surface area contributed by atoms with Gasteiger partial charge in [0.05, 0.1) is 0 Å². The van der Waals surface area contributed by atoms with E-state index in [4.69, 9.17) is 4.74 Å². The van der Waals surface area contributed by atoms with Crippen LogP contribution in [0, 0.1) is 0 Å². The van der Waals surface area contributed by atoms with Crippen molar-refractivity contribution in [3.8, 4) is 5.75 Å². The van der Waals surface area contributed by atoms with Crippen molar-refractivity contribution < 1.29 is 4.74 Å². The van der Waals surface area contributed by atoms with Crippen molar-refractivity contribution in [2.75, 3.05) is 6.73 Å². The van der Waals surface area contributed by atoms with Gasteiger partial charge in [0.2, 0.25) is 0 Å². The van der Waals surface area contributed by atoms with Crippen molar-refractivity contribution in [1.29, 1.82) is 0 Å². The first-order valence-corrected chi connectivity index (χ1v) is 7.33. The summed E-state index contributed by atoms with van der Waals surface area (Å²) in [7, 11) is 0. The van der Waals surface area contributed by atoms with E-state index in [9.17, 15) is 0 Å². The molecule has 0 N–H and O–H groups in total. The van der Waals surface area contributed by atoms with Gasteiger partial charge < -0.3 is 4.74 Å². The minimum atomic E-state index is 0.356. The maximum Gasteiger partial charge on any atom is 0.143 e. The molecule has 0 spiro atoms. The highest BCUT2D eigenvalue weighted by molar-refractivity contribution is 5.37. The lowest BCUT2D eigenvalue weighted by Crippen LogP contribution is -2.38. The molecule has 2 heteroatoms. The van der Waals surface area contributed by atoms with Crippen molar-refractivity contribution >= 4 is 0 Å². The molecule has 0 aliphatic carbocycles. The lowest BCUT2D eigenvalue weighted by molar-refractivity contribution is 0.0232. The summed E-state index contributed by atoms with van der Waals surface area (Å²) in [5, 5.41) is 0. The van der Waals surface area contributed by atoms with Crippen LogP contribution < -0.4 is 4.74 Å². The van der Waals surface area contributed by atoms with Gasteiger partial charge in [-0.15, -0.1) is 0 Å². The van der Waals surface area contributed by atoms with E-state index in [0.29, 0.717) is 18.8 Å². The molecule has 0 unspecified atom stereocenters. The fourth-order valence-electron chi connectivity index (χ4n) is 3.06. The molecule has 1 aliphatic heterocycles. The second-order valence-corrected chi connectivity index (χ2v) is 5.34. The fourth-order valence-corrected chi connectivity index (χ4v) is 3.06. The summed E-state index contributed by atoms with van der Waals surface area (Å²) in [6.07, 6.45) is 1.09. The first kappa shape index (κ1) is 13.2. The molecule has 2 atom stereocenters. The van der Waals surface area contributed by atoms with Gasteiger partial charge in [-0.3, -0.25) is 4.90 Å². The maximum atomic E-state index is 5.94. The van der Waals surface area contributed by atoms with Crippen LogP contribution >= 0.6 is 0 Å². The molecule has 0 bridgehead atoms. The van der Waals surface area contributed by atoms with Crippen LogP contribution in [0.4, 0.5) is 0 Å². The van der Waals surface area contributed by atoms with Crippen LogP contribution in [0.5, 0.6) is 5.75 Å². The average molecular weight is 267 g/mol. The van der Waals surface area contributed by atoms with Crippen LogP contribution in [0.2, 0.25) is 0 Å². The van der Waals surface area contributed by atoms with Gasteiger partial charge in [-0.1, -0.05) is 55.5 Å². The van der Waals surface area contributed by atoms with E-state index in [-0.39, 0.29) is 0 Å². The molecule has 104 valence electrons. The smallest absolute Gasteiger partial charge is 0.143 e. The zero-order valence-corrected chi connectivity index (χ0v) is 12.1. The van der Waals surface area contributed by atoms with E-state index in [1.165, 1.54) is 11.1 Å². The number of para-hydroxylation sites is 1. The van der Waals surface area contributed by atoms with Crippen LogP contribution in [-0.4, -0.2) is 11.6 Å². The van der Waals surface area contributed by atoms with Crippen molar-refractivity contribution in [2.45, 2.75) is 32.4 Å². The Morgan fingerprint density at radius 2 is 1.80 bits per heavy atom. The van der Waals surface area contributed by atoms with Crippen LogP contribution in [0.15, 0.2) is 54.6 Å². The molecular weight excluding hydrogens is 246 g/mol. The number of hydrogen-bond acceptors (Lipinski definition) is 2. The molecule has 1 heterocycles. The van der Waals surface area contributed by atoms with Gasteiger partial charge in [0.15, 0.2) is 0 Å². The predicted molar refractivity (Wildman–Crippen MR) is 81.7 cm³/mol. The molecule has 2 aromatic carbocycles. The minimum Gasteiger partial charge on any atom is -0.478 e. The first-order chi connectivity index (χ1) is 9.81. The van der Waals surface area contributed by atoms with Gasteiger partial charge in [-0.05, 0) is 25.0 Å². The molecule has 0 saturated heterocycles. The van der Waals surface area contributed by atoms with Gasteiger partial charge in [-0.25, -0.2) is 0 Å². The zero-order valence-electron chi connectivity index (χ0n) is 12.1. The summed E-state index contributed by atoms with van der Waals surface area (Å²) in [5.74, 6) is 1.04. The Morgan fingerprint density at radius 3 is 2.55 bits per heavy atom. The molecule has 2 aromatic rings. The van der Waals surface area contributed by atoms with E-state index in [1.54, 1.807) is 0 Å². The highest BCUT2D eigenvalue weighted by Gasteiger charge is 2.30. The van der Waals surface area contributed by atoms with Crippen LogP contribution in [0.25, 0.3) is 0 Å². The fraction of sp³-hybridized carbons (Fsp3) is 0.333. The van der Waals surface area contributed by atoms with Crippen LogP contribution in [0.3, 0.4) is 0 Å². The van der Waals surface area contributed by atoms with Gasteiger partial charge in [0, 0.05) is 17.6 Å². The molecule has 1 aliphatic rings. The first-order valence-electron chi connectivity index (χ1n) is 7.33. The maximum absolute atomic E-state index is 5.94. The molecule has 0 fully saturated rings. The number of nitrogens with zero attached hydrogens (tertiary/aromatic N) is 1. The summed E-state index contributed by atoms with van der Waals surface area (Å²) in [5.41, 5.74) is 2.65. The highest BCUT2D eigenvalue weighted by Crippen LogP contribution is 2.40. The number of benzene rings is 2. The van der Waals surface area contributed by atoms with E-state index in [1.807, 2.05) is 6.07 Å². The predicted octanol–water partition coefficient (Wildman–Crippen LogP) is 4.55. The minimum absolute atomic E-state index is 0.356. The van der Waals surface area contributed by atoms with Gasteiger partial charge in [0.1, 0.15) is 12.5 Å². The molecule has 0 radical (unpaired) electrons. The Morgan fingerprint density at radius 1 is 1.10 bits per heavy atom. The normalized spacial score (nSPS) is 20.0. The third-order valence-corrected chi connectivity index (χ3v) is 4.21. The quantitative estimate of drug-likeness (QED) is 0.809. The molecular formula is C18H21NO. The van der Waals surface area contributed by atoms with Crippen molar-refractivity contribution in [1.82, 2.24) is 4.90 Å². The molecule has 20 heavy (non-hydrogen) atoms. The standard InChI is InChI=1S/C18H21NO/c1-3-17-16-11-7-8-12-18(16)20-13-19(17)14(2)15-9-5-4-6-10-15/h4-12,14,17H,3,13H2,1-2H3/t14-,17-/m1/s1. The van der Waals surface area contributed by atoms with Gasteiger partial charge in [0.25, 0.3) is 0 Å². The molecule has 0 amide bonds. The monoisotopic (exact) mass is 267 g/mol. The number of rotatable bonds is 3. The number of fused-ring (bicyclic) bond motifs is 1. The third-order valence-electron chi connectivity index (χ3n) is 4.21. The Hall–Kier alpha value is -1.80. The van der Waals surface area contributed by atoms with E-state index in [2.05, 4.69) is 67.3 Å². The van der Waals surface area contributed by atoms with Crippen molar-refractivity contribution in [3.63, 3.8) is 0 Å². The summed E-state index contributed by atoms with van der Waals surface area (Å²) >= 11 is 0. The van der Waals surface area contributed by atoms with Gasteiger partial charge in [-0.2, -0.15) is 0 Å². The summed E-state index contributed by atoms with van der Waals surface area (Å²) in [4.78, 5) is 2.44. The lowest BCUT2D eigenvalue weighted by atomic mass is 9.97. The molecule has 0 saturated carbocycles. The Balaban J connectivity index is 1.91. The molecule has 3 rings (SSSR count). The SMILES string of the molecule is CC[C@@H]1c2ccccc2OCN1[C@H](C)c1ccccc1. The Labute approximate surface area is 121 Å². The number of hydrogen-bond donors (Lipinski definition) is 0. The van der Waals surface area contributed by atoms with Crippen LogP contribution in [0.1, 0.15) is 43.5 Å². The Kier molecular flexibility index (Phi) is 3.75. The van der Waals surface area contributed by atoms with E-state index < -0.39 is 0 Å². The average Bonchev–Trinajstić information content (AvgIpc) is 2.54. The second-order valence-electron chi connectivity index (χ2n) is 5.34. The van der Waals surface area contributed by atoms with Crippen LogP contribution in [-0.2, 0) is 0 Å². The third kappa shape index (κ3) is 2.32.